The normalized spacial score (nSPS) is 23.3. The quantitative estimate of drug-likeness (QED) is 0.757. The van der Waals surface area contributed by atoms with E-state index in [1.165, 1.54) is 4.31 Å². The number of alkyl halides is 2. The first-order valence-electron chi connectivity index (χ1n) is 5.38. The van der Waals surface area contributed by atoms with Crippen molar-refractivity contribution in [2.24, 2.45) is 5.41 Å². The fourth-order valence-corrected chi connectivity index (χ4v) is 3.75. The highest BCUT2D eigenvalue weighted by Crippen LogP contribution is 2.30. The van der Waals surface area contributed by atoms with Gasteiger partial charge in [-0.15, -0.1) is 0 Å². The molecule has 1 rings (SSSR count). The maximum absolute atomic E-state index is 12.9. The molecule has 0 saturated carbocycles. The Hall–Kier alpha value is -0.230. The lowest BCUT2D eigenvalue weighted by atomic mass is 10.0. The first-order valence-corrected chi connectivity index (χ1v) is 6.98. The van der Waals surface area contributed by atoms with E-state index in [1.54, 1.807) is 0 Å². The summed E-state index contributed by atoms with van der Waals surface area (Å²) in [4.78, 5) is 0. The second kappa shape index (κ2) is 4.22. The minimum atomic E-state index is -3.39. The summed E-state index contributed by atoms with van der Waals surface area (Å²) in [7, 11) is -3.39. The molecular formula is C10H19F2NO2S. The Morgan fingerprint density at radius 1 is 1.19 bits per heavy atom. The van der Waals surface area contributed by atoms with Crippen LogP contribution in [0.2, 0.25) is 0 Å². The number of hydrogen-bond acceptors (Lipinski definition) is 2. The molecule has 0 aromatic carbocycles. The third kappa shape index (κ3) is 3.97. The summed E-state index contributed by atoms with van der Waals surface area (Å²) in [5, 5.41) is 0. The molecule has 3 nitrogen and oxygen atoms in total. The molecular weight excluding hydrogens is 236 g/mol. The smallest absolute Gasteiger partial charge is 0.212 e. The highest BCUT2D eigenvalue weighted by Gasteiger charge is 2.38. The molecule has 16 heavy (non-hydrogen) atoms. The summed E-state index contributed by atoms with van der Waals surface area (Å²) < 4.78 is 50.7. The Kier molecular flexibility index (Phi) is 3.65. The van der Waals surface area contributed by atoms with Gasteiger partial charge in [-0.25, -0.2) is 21.5 Å². The molecule has 1 aliphatic heterocycles. The lowest BCUT2D eigenvalue weighted by Crippen LogP contribution is -2.45. The van der Waals surface area contributed by atoms with Crippen molar-refractivity contribution in [1.29, 1.82) is 0 Å². The first kappa shape index (κ1) is 13.8. The highest BCUT2D eigenvalue weighted by atomic mass is 32.2. The monoisotopic (exact) mass is 255 g/mol. The van der Waals surface area contributed by atoms with Crippen molar-refractivity contribution >= 4 is 10.0 Å². The zero-order valence-electron chi connectivity index (χ0n) is 9.96. The molecule has 0 aliphatic carbocycles. The molecule has 0 bridgehead atoms. The molecule has 1 saturated heterocycles. The van der Waals surface area contributed by atoms with Gasteiger partial charge in [0.05, 0.1) is 5.75 Å². The van der Waals surface area contributed by atoms with Crippen molar-refractivity contribution in [3.63, 3.8) is 0 Å². The highest BCUT2D eigenvalue weighted by molar-refractivity contribution is 7.89. The summed E-state index contributed by atoms with van der Waals surface area (Å²) in [6.07, 6.45) is -0.729. The predicted octanol–water partition coefficient (Wildman–Crippen LogP) is 2.09. The fraction of sp³-hybridized carbons (Fsp3) is 1.00. The zero-order chi connectivity index (χ0) is 12.6. The van der Waals surface area contributed by atoms with Crippen LogP contribution < -0.4 is 0 Å². The van der Waals surface area contributed by atoms with Gasteiger partial charge in [0.2, 0.25) is 10.0 Å². The Morgan fingerprint density at radius 3 is 2.00 bits per heavy atom. The molecule has 0 amide bonds. The van der Waals surface area contributed by atoms with Crippen LogP contribution in [0.5, 0.6) is 0 Å². The third-order valence-corrected chi connectivity index (χ3v) is 4.85. The second-order valence-electron chi connectivity index (χ2n) is 5.57. The topological polar surface area (TPSA) is 37.4 Å². The van der Waals surface area contributed by atoms with Crippen LogP contribution in [0.15, 0.2) is 0 Å². The van der Waals surface area contributed by atoms with E-state index < -0.39 is 15.9 Å². The number of hydrogen-bond donors (Lipinski definition) is 0. The summed E-state index contributed by atoms with van der Waals surface area (Å²) in [5.41, 5.74) is -0.348. The average molecular weight is 255 g/mol. The molecule has 1 fully saturated rings. The summed E-state index contributed by atoms with van der Waals surface area (Å²) in [6.45, 7) is 5.34. The summed E-state index contributed by atoms with van der Waals surface area (Å²) in [5.74, 6) is -2.70. The van der Waals surface area contributed by atoms with Gasteiger partial charge < -0.3 is 0 Å². The Morgan fingerprint density at radius 2 is 1.62 bits per heavy atom. The van der Waals surface area contributed by atoms with Crippen LogP contribution in [0.1, 0.15) is 33.6 Å². The van der Waals surface area contributed by atoms with Crippen molar-refractivity contribution in [2.45, 2.75) is 39.5 Å². The summed E-state index contributed by atoms with van der Waals surface area (Å²) in [6, 6.07) is 0. The molecule has 0 atom stereocenters. The van der Waals surface area contributed by atoms with Gasteiger partial charge >= 0.3 is 0 Å². The van der Waals surface area contributed by atoms with Gasteiger partial charge in [0.15, 0.2) is 0 Å². The molecule has 0 radical (unpaired) electrons. The van der Waals surface area contributed by atoms with Gasteiger partial charge in [0, 0.05) is 25.9 Å². The summed E-state index contributed by atoms with van der Waals surface area (Å²) >= 11 is 0. The van der Waals surface area contributed by atoms with Crippen molar-refractivity contribution < 1.29 is 17.2 Å². The lowest BCUT2D eigenvalue weighted by Gasteiger charge is -2.32. The Bertz CT molecular complexity index is 336. The van der Waals surface area contributed by atoms with Gasteiger partial charge in [-0.2, -0.15) is 0 Å². The largest absolute Gasteiger partial charge is 0.250 e. The van der Waals surface area contributed by atoms with Gasteiger partial charge in [-0.05, 0) is 5.41 Å². The van der Waals surface area contributed by atoms with Crippen LogP contribution in [0.4, 0.5) is 8.78 Å². The van der Waals surface area contributed by atoms with Crippen LogP contribution >= 0.6 is 0 Å². The minimum Gasteiger partial charge on any atom is -0.212 e. The van der Waals surface area contributed by atoms with Crippen molar-refractivity contribution in [1.82, 2.24) is 4.31 Å². The number of nitrogens with zero attached hydrogens (tertiary/aromatic N) is 1. The third-order valence-electron chi connectivity index (χ3n) is 2.46. The van der Waals surface area contributed by atoms with Crippen LogP contribution in [0, 0.1) is 5.41 Å². The minimum absolute atomic E-state index is 0.00553. The van der Waals surface area contributed by atoms with E-state index in [-0.39, 0.29) is 37.1 Å². The molecule has 1 heterocycles. The molecule has 0 spiro atoms. The van der Waals surface area contributed by atoms with Crippen molar-refractivity contribution in [3.05, 3.63) is 0 Å². The van der Waals surface area contributed by atoms with E-state index in [0.29, 0.717) is 0 Å². The molecule has 6 heteroatoms. The van der Waals surface area contributed by atoms with E-state index in [1.807, 2.05) is 20.8 Å². The van der Waals surface area contributed by atoms with Crippen molar-refractivity contribution in [3.8, 4) is 0 Å². The van der Waals surface area contributed by atoms with Crippen molar-refractivity contribution in [2.75, 3.05) is 18.8 Å². The van der Waals surface area contributed by atoms with Crippen LogP contribution in [-0.2, 0) is 10.0 Å². The van der Waals surface area contributed by atoms with E-state index in [0.717, 1.165) is 0 Å². The van der Waals surface area contributed by atoms with Crippen LogP contribution in [0.25, 0.3) is 0 Å². The first-order chi connectivity index (χ1) is 7.02. The zero-order valence-corrected chi connectivity index (χ0v) is 10.8. The number of piperidine rings is 1. The van der Waals surface area contributed by atoms with Gasteiger partial charge in [-0.1, -0.05) is 20.8 Å². The molecule has 0 aromatic heterocycles. The van der Waals surface area contributed by atoms with E-state index in [9.17, 15) is 17.2 Å². The van der Waals surface area contributed by atoms with E-state index >= 15 is 0 Å². The molecule has 1 aliphatic rings. The standard InChI is InChI=1S/C10H19F2NO2S/c1-9(2,3)8-16(14,15)13-6-4-10(11,12)5-7-13/h4-8H2,1-3H3. The Balaban J connectivity index is 2.66. The average Bonchev–Trinajstić information content (AvgIpc) is 1.98. The maximum atomic E-state index is 12.9. The molecule has 0 unspecified atom stereocenters. The molecule has 0 N–H and O–H groups in total. The van der Waals surface area contributed by atoms with Gasteiger partial charge in [0.1, 0.15) is 0 Å². The Labute approximate surface area is 95.9 Å². The van der Waals surface area contributed by atoms with Gasteiger partial charge in [0.25, 0.3) is 5.92 Å². The van der Waals surface area contributed by atoms with E-state index in [4.69, 9.17) is 0 Å². The fourth-order valence-electron chi connectivity index (χ4n) is 1.73. The van der Waals surface area contributed by atoms with Crippen LogP contribution in [0.3, 0.4) is 0 Å². The maximum Gasteiger partial charge on any atom is 0.250 e. The SMILES string of the molecule is CC(C)(C)CS(=O)(=O)N1CCC(F)(F)CC1. The molecule has 0 aromatic rings. The van der Waals surface area contributed by atoms with E-state index in [2.05, 4.69) is 0 Å². The number of sulfonamides is 1. The molecule has 96 valence electrons. The van der Waals surface area contributed by atoms with Gasteiger partial charge in [-0.3, -0.25) is 0 Å². The predicted molar refractivity (Wildman–Crippen MR) is 59.0 cm³/mol. The van der Waals surface area contributed by atoms with Crippen LogP contribution in [-0.4, -0.2) is 37.5 Å². The number of halogens is 2. The number of rotatable bonds is 2. The second-order valence-corrected chi connectivity index (χ2v) is 7.54. The lowest BCUT2D eigenvalue weighted by molar-refractivity contribution is -0.0412.